The van der Waals surface area contributed by atoms with Crippen LogP contribution < -0.4 is 10.6 Å². The number of aliphatic carboxylic acids is 1. The van der Waals surface area contributed by atoms with E-state index < -0.39 is 41.9 Å². The van der Waals surface area contributed by atoms with Gasteiger partial charge in [0.2, 0.25) is 23.9 Å². The minimum Gasteiger partial charge on any atom is -0.480 e. The van der Waals surface area contributed by atoms with Gasteiger partial charge in [-0.05, 0) is 50.4 Å². The third-order valence-electron chi connectivity index (χ3n) is 9.60. The normalized spacial score (nSPS) is 37.2. The average Bonchev–Trinajstić information content (AvgIpc) is 3.16. The Morgan fingerprint density at radius 3 is 2.49 bits per heavy atom. The molecule has 41 heavy (non-hydrogen) atoms. The molecule has 4 aliphatic heterocycles. The molecule has 10 atom stereocenters. The number of rotatable bonds is 12. The highest BCUT2D eigenvalue weighted by Gasteiger charge is 2.69. The predicted octanol–water partition coefficient (Wildman–Crippen LogP) is 3.03. The third-order valence-corrected chi connectivity index (χ3v) is 9.60. The lowest BCUT2D eigenvalue weighted by Crippen LogP contribution is -2.70. The zero-order valence-electron chi connectivity index (χ0n) is 24.8. The van der Waals surface area contributed by atoms with Crippen molar-refractivity contribution in [1.82, 2.24) is 10.6 Å². The first kappa shape index (κ1) is 31.7. The largest absolute Gasteiger partial charge is 0.480 e. The molecule has 5 aliphatic rings. The van der Waals surface area contributed by atoms with Gasteiger partial charge in [-0.3, -0.25) is 14.4 Å². The second kappa shape index (κ2) is 12.9. The van der Waals surface area contributed by atoms with Crippen LogP contribution in [0.2, 0.25) is 0 Å². The van der Waals surface area contributed by atoms with E-state index in [0.717, 1.165) is 19.3 Å². The van der Waals surface area contributed by atoms with Crippen molar-refractivity contribution >= 4 is 23.8 Å². The number of hydrogen-bond donors (Lipinski definition) is 3. The maximum absolute atomic E-state index is 12.7. The highest BCUT2D eigenvalue weighted by atomic mass is 17.3. The van der Waals surface area contributed by atoms with E-state index in [9.17, 15) is 24.3 Å². The lowest BCUT2D eigenvalue weighted by molar-refractivity contribution is -0.576. The van der Waals surface area contributed by atoms with E-state index in [1.54, 1.807) is 6.92 Å². The maximum Gasteiger partial charge on any atom is 0.326 e. The quantitative estimate of drug-likeness (QED) is 0.177. The number of carboxylic acids is 1. The molecule has 0 aromatic rings. The number of nitrogens with one attached hydrogen (secondary N) is 2. The van der Waals surface area contributed by atoms with E-state index >= 15 is 0 Å². The first-order chi connectivity index (χ1) is 19.4. The molecule has 5 fully saturated rings. The molecule has 5 rings (SSSR count). The van der Waals surface area contributed by atoms with Crippen molar-refractivity contribution in [1.29, 1.82) is 0 Å². The van der Waals surface area contributed by atoms with Crippen LogP contribution in [0.3, 0.4) is 0 Å². The Morgan fingerprint density at radius 2 is 1.78 bits per heavy atom. The lowest BCUT2D eigenvalue weighted by atomic mass is 9.58. The summed E-state index contributed by atoms with van der Waals surface area (Å²) < 4.78 is 18.3. The molecular formula is C29H46N2O10. The SMILES string of the molecule is CC[C@H](C)[C@H](NC(=O)CCCNC(=O)CCC(=O)O[C@@H]1O[C@H]2O[C@@]3(C)CC[C@H]4[C@H](C)CC[C@H]([C@H]1C)[C@@]24OO3)C(=O)O. The average molecular weight is 583 g/mol. The van der Waals surface area contributed by atoms with Crippen molar-refractivity contribution in [2.24, 2.45) is 29.6 Å². The molecular weight excluding hydrogens is 536 g/mol. The molecule has 4 heterocycles. The van der Waals surface area contributed by atoms with E-state index in [1.165, 1.54) is 0 Å². The number of carbonyl (C=O) groups is 4. The van der Waals surface area contributed by atoms with Crippen molar-refractivity contribution < 1.29 is 48.3 Å². The highest BCUT2D eigenvalue weighted by molar-refractivity contribution is 5.84. The van der Waals surface area contributed by atoms with Crippen molar-refractivity contribution in [2.45, 2.75) is 122 Å². The Hall–Kier alpha value is -2.28. The summed E-state index contributed by atoms with van der Waals surface area (Å²) >= 11 is 0. The van der Waals surface area contributed by atoms with Gasteiger partial charge in [0.05, 0.1) is 6.42 Å². The Labute approximate surface area is 241 Å². The van der Waals surface area contributed by atoms with Crippen LogP contribution in [0.25, 0.3) is 0 Å². The summed E-state index contributed by atoms with van der Waals surface area (Å²) in [6.45, 7) is 9.93. The number of fused-ring (bicyclic) bond motifs is 2. The van der Waals surface area contributed by atoms with E-state index in [0.29, 0.717) is 25.2 Å². The number of carbonyl (C=O) groups excluding carboxylic acids is 3. The molecule has 12 nitrogen and oxygen atoms in total. The summed E-state index contributed by atoms with van der Waals surface area (Å²) in [5, 5.41) is 14.5. The summed E-state index contributed by atoms with van der Waals surface area (Å²) in [5.41, 5.74) is -0.741. The summed E-state index contributed by atoms with van der Waals surface area (Å²) in [4.78, 5) is 60.4. The minimum absolute atomic E-state index is 0.0272. The Kier molecular flexibility index (Phi) is 9.98. The van der Waals surface area contributed by atoms with Gasteiger partial charge >= 0.3 is 11.9 Å². The second-order valence-electron chi connectivity index (χ2n) is 12.5. The van der Waals surface area contributed by atoms with E-state index in [2.05, 4.69) is 17.6 Å². The van der Waals surface area contributed by atoms with E-state index in [4.69, 9.17) is 24.0 Å². The standard InChI is InChI=1S/C29H46N2O10/c1-6-16(2)24(25(35)36)31-22(33)8-7-15-30-21(32)11-12-23(34)37-26-18(4)20-10-9-17(3)19-13-14-28(5)39-27(38-26)29(19,20)41-40-28/h16-20,24,26-27H,6-15H2,1-5H3,(H,30,32)(H,31,33)(H,35,36)/t16-,17+,18+,19-,20+,24-,26+,27-,28+,29+/m0/s1. The molecule has 2 bridgehead atoms. The van der Waals surface area contributed by atoms with Gasteiger partial charge in [-0.1, -0.05) is 34.1 Å². The lowest BCUT2D eigenvalue weighted by Gasteiger charge is -2.59. The molecule has 2 amide bonds. The van der Waals surface area contributed by atoms with Gasteiger partial charge in [0, 0.05) is 37.6 Å². The number of amides is 2. The molecule has 0 aromatic carbocycles. The summed E-state index contributed by atoms with van der Waals surface area (Å²) in [7, 11) is 0. The van der Waals surface area contributed by atoms with Gasteiger partial charge in [0.1, 0.15) is 6.04 Å². The van der Waals surface area contributed by atoms with Crippen molar-refractivity contribution in [3.8, 4) is 0 Å². The van der Waals surface area contributed by atoms with Crippen LogP contribution >= 0.6 is 0 Å². The van der Waals surface area contributed by atoms with Gasteiger partial charge in [0.25, 0.3) is 0 Å². The number of hydrogen-bond acceptors (Lipinski definition) is 9. The second-order valence-corrected chi connectivity index (χ2v) is 12.5. The van der Waals surface area contributed by atoms with Crippen molar-refractivity contribution in [2.75, 3.05) is 6.54 Å². The maximum atomic E-state index is 12.7. The van der Waals surface area contributed by atoms with Crippen molar-refractivity contribution in [3.63, 3.8) is 0 Å². The molecule has 1 saturated carbocycles. The molecule has 12 heteroatoms. The Morgan fingerprint density at radius 1 is 1.02 bits per heavy atom. The molecule has 0 unspecified atom stereocenters. The molecule has 232 valence electrons. The van der Waals surface area contributed by atoms with Gasteiger partial charge in [-0.15, -0.1) is 0 Å². The molecule has 1 spiro atoms. The van der Waals surface area contributed by atoms with Gasteiger partial charge < -0.3 is 30.0 Å². The van der Waals surface area contributed by atoms with Crippen LogP contribution in [0.1, 0.15) is 92.4 Å². The predicted molar refractivity (Wildman–Crippen MR) is 143 cm³/mol. The zero-order chi connectivity index (χ0) is 29.9. The monoisotopic (exact) mass is 582 g/mol. The van der Waals surface area contributed by atoms with Crippen molar-refractivity contribution in [3.05, 3.63) is 0 Å². The van der Waals surface area contributed by atoms with Crippen LogP contribution in [0.15, 0.2) is 0 Å². The molecule has 0 radical (unpaired) electrons. The third kappa shape index (κ3) is 6.71. The number of esters is 1. The van der Waals surface area contributed by atoms with Crippen LogP contribution in [0.5, 0.6) is 0 Å². The fraction of sp³-hybridized carbons (Fsp3) is 0.862. The van der Waals surface area contributed by atoms with Gasteiger partial charge in [0.15, 0.2) is 11.9 Å². The Bertz CT molecular complexity index is 993. The number of ether oxygens (including phenoxy) is 3. The van der Waals surface area contributed by atoms with Crippen LogP contribution in [0.4, 0.5) is 0 Å². The fourth-order valence-corrected chi connectivity index (χ4v) is 6.90. The Balaban J connectivity index is 1.21. The first-order valence-corrected chi connectivity index (χ1v) is 15.1. The minimum atomic E-state index is -1.07. The van der Waals surface area contributed by atoms with Crippen LogP contribution in [0, 0.1) is 29.6 Å². The topological polar surface area (TPSA) is 159 Å². The highest BCUT2D eigenvalue weighted by Crippen LogP contribution is 2.60. The molecule has 0 aromatic heterocycles. The van der Waals surface area contributed by atoms with Crippen LogP contribution in [-0.2, 0) is 43.2 Å². The molecule has 4 saturated heterocycles. The van der Waals surface area contributed by atoms with E-state index in [-0.39, 0.29) is 61.3 Å². The molecule has 1 aliphatic carbocycles. The summed E-state index contributed by atoms with van der Waals surface area (Å²) in [6, 6.07) is -0.939. The zero-order valence-corrected chi connectivity index (χ0v) is 24.8. The summed E-state index contributed by atoms with van der Waals surface area (Å²) in [6.07, 6.45) is 2.84. The fourth-order valence-electron chi connectivity index (χ4n) is 6.90. The first-order valence-electron chi connectivity index (χ1n) is 15.1. The van der Waals surface area contributed by atoms with Gasteiger partial charge in [-0.25, -0.2) is 14.6 Å². The van der Waals surface area contributed by atoms with Gasteiger partial charge in [-0.2, -0.15) is 0 Å². The smallest absolute Gasteiger partial charge is 0.326 e. The van der Waals surface area contributed by atoms with E-state index in [1.807, 2.05) is 20.8 Å². The molecule has 3 N–H and O–H groups in total. The van der Waals surface area contributed by atoms with Crippen LogP contribution in [-0.4, -0.2) is 65.4 Å². The summed E-state index contributed by atoms with van der Waals surface area (Å²) in [5.74, 6) is -2.93. The number of carboxylic acid groups (broad SMARTS) is 1.